The van der Waals surface area contributed by atoms with E-state index in [4.69, 9.17) is 4.52 Å². The fourth-order valence-electron chi connectivity index (χ4n) is 2.13. The molecule has 0 fully saturated rings. The zero-order valence-electron chi connectivity index (χ0n) is 13.1. The van der Waals surface area contributed by atoms with E-state index in [1.54, 1.807) is 13.0 Å². The van der Waals surface area contributed by atoms with Crippen molar-refractivity contribution in [1.29, 1.82) is 0 Å². The Morgan fingerprint density at radius 2 is 1.88 bits per heavy atom. The Balaban J connectivity index is 1.81. The number of anilines is 1. The molecule has 2 aromatic heterocycles. The van der Waals surface area contributed by atoms with Gasteiger partial charge in [0.1, 0.15) is 10.6 Å². The third-order valence-corrected chi connectivity index (χ3v) is 5.88. The SMILES string of the molecule is Cc1sc(-c2ccno2)cc1S(=O)(=O)Nc1ccc(OC(F)(F)F)cc1. The van der Waals surface area contributed by atoms with Gasteiger partial charge in [0.05, 0.1) is 11.1 Å². The Morgan fingerprint density at radius 3 is 2.46 bits per heavy atom. The van der Waals surface area contributed by atoms with Crippen molar-refractivity contribution in [1.82, 2.24) is 5.16 Å². The Hall–Kier alpha value is -2.53. The number of thiophene rings is 1. The number of nitrogens with zero attached hydrogens (tertiary/aromatic N) is 1. The van der Waals surface area contributed by atoms with Gasteiger partial charge in [-0.15, -0.1) is 24.5 Å². The number of halogens is 3. The second kappa shape index (κ2) is 6.65. The molecule has 1 N–H and O–H groups in total. The molecule has 0 saturated carbocycles. The third-order valence-electron chi connectivity index (χ3n) is 3.18. The van der Waals surface area contributed by atoms with Crippen LogP contribution in [0.1, 0.15) is 4.88 Å². The molecule has 0 aliphatic rings. The lowest BCUT2D eigenvalue weighted by molar-refractivity contribution is -0.274. The van der Waals surface area contributed by atoms with Crippen LogP contribution in [-0.4, -0.2) is 19.9 Å². The standard InChI is InChI=1S/C15H11F3N2O4S2/c1-9-14(8-13(25-9)12-6-7-19-24-12)26(21,22)20-10-2-4-11(5-3-10)23-15(16,17)18/h2-8,20H,1H3. The molecule has 0 amide bonds. The van der Waals surface area contributed by atoms with Gasteiger partial charge in [-0.05, 0) is 37.3 Å². The van der Waals surface area contributed by atoms with Gasteiger partial charge in [-0.1, -0.05) is 5.16 Å². The van der Waals surface area contributed by atoms with Gasteiger partial charge in [-0.25, -0.2) is 8.42 Å². The van der Waals surface area contributed by atoms with Gasteiger partial charge in [-0.2, -0.15) is 0 Å². The summed E-state index contributed by atoms with van der Waals surface area (Å²) in [5, 5.41) is 3.58. The third kappa shape index (κ3) is 4.17. The molecule has 26 heavy (non-hydrogen) atoms. The monoisotopic (exact) mass is 404 g/mol. The second-order valence-electron chi connectivity index (χ2n) is 5.09. The molecule has 0 bridgehead atoms. The van der Waals surface area contributed by atoms with Crippen LogP contribution < -0.4 is 9.46 Å². The zero-order valence-corrected chi connectivity index (χ0v) is 14.7. The molecule has 2 heterocycles. The largest absolute Gasteiger partial charge is 0.573 e. The first-order chi connectivity index (χ1) is 12.1. The summed E-state index contributed by atoms with van der Waals surface area (Å²) in [6.07, 6.45) is -3.37. The van der Waals surface area contributed by atoms with Crippen molar-refractivity contribution in [2.45, 2.75) is 18.2 Å². The number of aromatic nitrogens is 1. The van der Waals surface area contributed by atoms with E-state index in [9.17, 15) is 21.6 Å². The van der Waals surface area contributed by atoms with Gasteiger partial charge in [0.15, 0.2) is 5.76 Å². The van der Waals surface area contributed by atoms with Crippen LogP contribution in [0.3, 0.4) is 0 Å². The highest BCUT2D eigenvalue weighted by atomic mass is 32.2. The molecule has 0 unspecified atom stereocenters. The van der Waals surface area contributed by atoms with Crippen LogP contribution in [0.25, 0.3) is 10.6 Å². The summed E-state index contributed by atoms with van der Waals surface area (Å²) in [5.41, 5.74) is 0.103. The fraction of sp³-hybridized carbons (Fsp3) is 0.133. The molecule has 0 saturated heterocycles. The van der Waals surface area contributed by atoms with Gasteiger partial charge >= 0.3 is 6.36 Å². The van der Waals surface area contributed by atoms with Crippen molar-refractivity contribution in [3.63, 3.8) is 0 Å². The maximum absolute atomic E-state index is 12.6. The molecular weight excluding hydrogens is 393 g/mol. The van der Waals surface area contributed by atoms with Crippen LogP contribution in [-0.2, 0) is 10.0 Å². The van der Waals surface area contributed by atoms with Gasteiger partial charge in [0.2, 0.25) is 0 Å². The van der Waals surface area contributed by atoms with Crippen LogP contribution >= 0.6 is 11.3 Å². The number of ether oxygens (including phenoxy) is 1. The zero-order chi connectivity index (χ0) is 18.9. The predicted octanol–water partition coefficient (Wildman–Crippen LogP) is 4.41. The highest BCUT2D eigenvalue weighted by Gasteiger charge is 2.31. The summed E-state index contributed by atoms with van der Waals surface area (Å²) in [6, 6.07) is 7.45. The first-order valence-corrected chi connectivity index (χ1v) is 9.34. The summed E-state index contributed by atoms with van der Waals surface area (Å²) in [5.74, 6) is -0.00651. The van der Waals surface area contributed by atoms with E-state index in [1.165, 1.54) is 35.7 Å². The number of hydrogen-bond donors (Lipinski definition) is 1. The molecule has 3 aromatic rings. The van der Waals surface area contributed by atoms with Crippen LogP contribution in [0.4, 0.5) is 18.9 Å². The summed E-state index contributed by atoms with van der Waals surface area (Å²) in [7, 11) is -3.93. The van der Waals surface area contributed by atoms with Gasteiger partial charge in [0.25, 0.3) is 10.0 Å². The Kier molecular flexibility index (Phi) is 4.67. The molecule has 138 valence electrons. The van der Waals surface area contributed by atoms with Crippen molar-refractivity contribution < 1.29 is 30.8 Å². The summed E-state index contributed by atoms with van der Waals surface area (Å²) < 4.78 is 72.6. The van der Waals surface area contributed by atoms with E-state index >= 15 is 0 Å². The minimum Gasteiger partial charge on any atom is -0.406 e. The maximum Gasteiger partial charge on any atom is 0.573 e. The van der Waals surface area contributed by atoms with Crippen LogP contribution in [0, 0.1) is 6.92 Å². The number of nitrogens with one attached hydrogen (secondary N) is 1. The average molecular weight is 404 g/mol. The Bertz CT molecular complexity index is 995. The molecule has 0 spiro atoms. The minimum atomic E-state index is -4.81. The number of alkyl halides is 3. The average Bonchev–Trinajstić information content (AvgIpc) is 3.17. The first kappa shape index (κ1) is 18.3. The summed E-state index contributed by atoms with van der Waals surface area (Å²) >= 11 is 1.22. The van der Waals surface area contributed by atoms with Crippen molar-refractivity contribution in [2.24, 2.45) is 0 Å². The highest BCUT2D eigenvalue weighted by Crippen LogP contribution is 2.34. The second-order valence-corrected chi connectivity index (χ2v) is 7.99. The van der Waals surface area contributed by atoms with Crippen molar-refractivity contribution in [2.75, 3.05) is 4.72 Å². The van der Waals surface area contributed by atoms with Crippen LogP contribution in [0.5, 0.6) is 5.75 Å². The van der Waals surface area contributed by atoms with Crippen molar-refractivity contribution in [3.8, 4) is 16.4 Å². The predicted molar refractivity (Wildman–Crippen MR) is 88.5 cm³/mol. The maximum atomic E-state index is 12.6. The van der Waals surface area contributed by atoms with E-state index in [0.717, 1.165) is 12.1 Å². The lowest BCUT2D eigenvalue weighted by Gasteiger charge is -2.10. The van der Waals surface area contributed by atoms with E-state index < -0.39 is 22.1 Å². The van der Waals surface area contributed by atoms with Gasteiger partial charge in [0, 0.05) is 16.6 Å². The quantitative estimate of drug-likeness (QED) is 0.681. The number of rotatable bonds is 5. The minimum absolute atomic E-state index is 0.0459. The molecule has 0 aliphatic carbocycles. The summed E-state index contributed by atoms with van der Waals surface area (Å²) in [6.45, 7) is 1.64. The molecule has 0 atom stereocenters. The van der Waals surface area contributed by atoms with E-state index in [0.29, 0.717) is 15.5 Å². The molecular formula is C15H11F3N2O4S2. The Morgan fingerprint density at radius 1 is 1.19 bits per heavy atom. The lowest BCUT2D eigenvalue weighted by atomic mass is 10.3. The molecule has 3 rings (SSSR count). The molecule has 6 nitrogen and oxygen atoms in total. The van der Waals surface area contributed by atoms with Crippen LogP contribution in [0.15, 0.2) is 52.0 Å². The van der Waals surface area contributed by atoms with Crippen molar-refractivity contribution in [3.05, 3.63) is 47.5 Å². The normalized spacial score (nSPS) is 12.2. The number of benzene rings is 1. The molecule has 0 radical (unpaired) electrons. The number of sulfonamides is 1. The molecule has 0 aliphatic heterocycles. The number of hydrogen-bond acceptors (Lipinski definition) is 6. The number of aryl methyl sites for hydroxylation is 1. The smallest absolute Gasteiger partial charge is 0.406 e. The van der Waals surface area contributed by atoms with Gasteiger partial charge in [-0.3, -0.25) is 4.72 Å². The van der Waals surface area contributed by atoms with E-state index in [2.05, 4.69) is 14.6 Å². The van der Waals surface area contributed by atoms with E-state index in [-0.39, 0.29) is 10.6 Å². The Labute approximate surface area is 150 Å². The van der Waals surface area contributed by atoms with Crippen molar-refractivity contribution >= 4 is 27.0 Å². The summed E-state index contributed by atoms with van der Waals surface area (Å²) in [4.78, 5) is 1.17. The topological polar surface area (TPSA) is 81.4 Å². The highest BCUT2D eigenvalue weighted by molar-refractivity contribution is 7.93. The van der Waals surface area contributed by atoms with Crippen LogP contribution in [0.2, 0.25) is 0 Å². The fourth-order valence-corrected chi connectivity index (χ4v) is 4.74. The molecule has 11 heteroatoms. The molecule has 1 aromatic carbocycles. The van der Waals surface area contributed by atoms with E-state index in [1.807, 2.05) is 0 Å². The van der Waals surface area contributed by atoms with Gasteiger partial charge < -0.3 is 9.26 Å². The lowest BCUT2D eigenvalue weighted by Crippen LogP contribution is -2.17. The first-order valence-electron chi connectivity index (χ1n) is 7.04.